The first-order valence-electron chi connectivity index (χ1n) is 11.7. The molecule has 1 saturated carbocycles. The highest BCUT2D eigenvalue weighted by molar-refractivity contribution is 5.76. The molecule has 1 nitrogen and oxygen atoms in total. The molecule has 3 aromatic rings. The molecular formula is C30H33N. The highest BCUT2D eigenvalue weighted by atomic mass is 15.2. The van der Waals surface area contributed by atoms with Gasteiger partial charge in [-0.25, -0.2) is 0 Å². The first-order chi connectivity index (χ1) is 14.9. The van der Waals surface area contributed by atoms with E-state index in [2.05, 4.69) is 111 Å². The molecule has 2 atom stereocenters. The van der Waals surface area contributed by atoms with Crippen LogP contribution in [0.4, 0.5) is 11.4 Å². The van der Waals surface area contributed by atoms with Crippen LogP contribution in [-0.2, 0) is 5.41 Å². The summed E-state index contributed by atoms with van der Waals surface area (Å²) in [6, 6.07) is 25.6. The SMILES string of the molecule is Cc1ccc(/C=C/c2ccc(N3c4ccc(C(C)(C)C)cc4C4CCCC43)cc2)cc1. The second-order valence-electron chi connectivity index (χ2n) is 10.3. The Morgan fingerprint density at radius 2 is 1.45 bits per heavy atom. The minimum atomic E-state index is 0.196. The first kappa shape index (κ1) is 20.1. The van der Waals surface area contributed by atoms with Crippen molar-refractivity contribution in [1.29, 1.82) is 0 Å². The maximum absolute atomic E-state index is 2.62. The van der Waals surface area contributed by atoms with E-state index in [0.717, 1.165) is 0 Å². The fourth-order valence-electron chi connectivity index (χ4n) is 5.27. The summed E-state index contributed by atoms with van der Waals surface area (Å²) in [4.78, 5) is 2.62. The van der Waals surface area contributed by atoms with Gasteiger partial charge in [0.15, 0.2) is 0 Å². The lowest BCUT2D eigenvalue weighted by Crippen LogP contribution is -2.26. The van der Waals surface area contributed by atoms with Gasteiger partial charge in [-0.05, 0) is 65.6 Å². The highest BCUT2D eigenvalue weighted by Gasteiger charge is 2.42. The van der Waals surface area contributed by atoms with Crippen molar-refractivity contribution >= 4 is 23.5 Å². The zero-order chi connectivity index (χ0) is 21.6. The molecule has 3 aromatic carbocycles. The second kappa shape index (κ2) is 7.71. The van der Waals surface area contributed by atoms with Crippen molar-refractivity contribution in [3.8, 4) is 0 Å². The van der Waals surface area contributed by atoms with E-state index in [1.165, 1.54) is 52.9 Å². The lowest BCUT2D eigenvalue weighted by Gasteiger charge is -2.27. The molecule has 0 N–H and O–H groups in total. The molecule has 1 heterocycles. The van der Waals surface area contributed by atoms with Gasteiger partial charge in [-0.3, -0.25) is 0 Å². The number of fused-ring (bicyclic) bond motifs is 3. The number of benzene rings is 3. The summed E-state index contributed by atoms with van der Waals surface area (Å²) in [6.07, 6.45) is 8.35. The minimum Gasteiger partial charge on any atom is -0.338 e. The van der Waals surface area contributed by atoms with Crippen molar-refractivity contribution in [3.63, 3.8) is 0 Å². The van der Waals surface area contributed by atoms with Gasteiger partial charge in [0.05, 0.1) is 0 Å². The van der Waals surface area contributed by atoms with Gasteiger partial charge in [-0.15, -0.1) is 0 Å². The van der Waals surface area contributed by atoms with Crippen molar-refractivity contribution in [2.75, 3.05) is 4.90 Å². The molecule has 0 radical (unpaired) electrons. The molecule has 0 aromatic heterocycles. The second-order valence-corrected chi connectivity index (χ2v) is 10.3. The van der Waals surface area contributed by atoms with Crippen LogP contribution < -0.4 is 4.90 Å². The standard InChI is InChI=1S/C30H33N/c1-21-8-10-22(11-9-21)12-13-23-14-17-25(18-15-23)31-28-7-5-6-26(28)27-20-24(30(2,3)4)16-19-29(27)31/h8-20,26,28H,5-7H2,1-4H3/b13-12+. The topological polar surface area (TPSA) is 3.24 Å². The predicted octanol–water partition coefficient (Wildman–Crippen LogP) is 8.25. The Bertz CT molecular complexity index is 1100. The predicted molar refractivity (Wildman–Crippen MR) is 134 cm³/mol. The van der Waals surface area contributed by atoms with Crippen LogP contribution in [-0.4, -0.2) is 6.04 Å². The van der Waals surface area contributed by atoms with Crippen molar-refractivity contribution in [1.82, 2.24) is 0 Å². The Kier molecular flexibility index (Phi) is 5.01. The van der Waals surface area contributed by atoms with E-state index in [-0.39, 0.29) is 5.41 Å². The van der Waals surface area contributed by atoms with E-state index >= 15 is 0 Å². The van der Waals surface area contributed by atoms with Crippen LogP contribution in [0.15, 0.2) is 66.7 Å². The van der Waals surface area contributed by atoms with Gasteiger partial charge in [0.2, 0.25) is 0 Å². The molecule has 1 fully saturated rings. The van der Waals surface area contributed by atoms with Crippen molar-refractivity contribution in [3.05, 3.63) is 94.5 Å². The molecule has 2 unspecified atom stereocenters. The normalized spacial score (nSPS) is 20.3. The van der Waals surface area contributed by atoms with E-state index in [4.69, 9.17) is 0 Å². The maximum Gasteiger partial charge on any atom is 0.0449 e. The van der Waals surface area contributed by atoms with Crippen molar-refractivity contribution in [2.24, 2.45) is 0 Å². The molecule has 31 heavy (non-hydrogen) atoms. The smallest absolute Gasteiger partial charge is 0.0449 e. The van der Waals surface area contributed by atoms with Gasteiger partial charge in [0, 0.05) is 23.3 Å². The number of rotatable bonds is 3. The summed E-state index contributed by atoms with van der Waals surface area (Å²) in [5.41, 5.74) is 9.75. The van der Waals surface area contributed by atoms with Gasteiger partial charge in [-0.2, -0.15) is 0 Å². The van der Waals surface area contributed by atoms with E-state index < -0.39 is 0 Å². The molecule has 1 aliphatic heterocycles. The summed E-state index contributed by atoms with van der Waals surface area (Å²) in [7, 11) is 0. The van der Waals surface area contributed by atoms with Crippen LogP contribution in [0.2, 0.25) is 0 Å². The lowest BCUT2D eigenvalue weighted by atomic mass is 9.84. The molecule has 0 spiro atoms. The zero-order valence-electron chi connectivity index (χ0n) is 19.2. The fraction of sp³-hybridized carbons (Fsp3) is 0.333. The van der Waals surface area contributed by atoms with Gasteiger partial charge < -0.3 is 4.90 Å². The Labute approximate surface area is 187 Å². The Hall–Kier alpha value is -2.80. The minimum absolute atomic E-state index is 0.196. The van der Waals surface area contributed by atoms with E-state index in [0.29, 0.717) is 12.0 Å². The van der Waals surface area contributed by atoms with Crippen LogP contribution >= 0.6 is 0 Å². The lowest BCUT2D eigenvalue weighted by molar-refractivity contribution is 0.587. The maximum atomic E-state index is 2.62. The van der Waals surface area contributed by atoms with Crippen molar-refractivity contribution in [2.45, 2.75) is 64.3 Å². The Morgan fingerprint density at radius 1 is 0.806 bits per heavy atom. The number of nitrogens with zero attached hydrogens (tertiary/aromatic N) is 1. The molecule has 0 bridgehead atoms. The van der Waals surface area contributed by atoms with E-state index in [1.54, 1.807) is 5.56 Å². The van der Waals surface area contributed by atoms with Crippen LogP contribution in [0.5, 0.6) is 0 Å². The summed E-state index contributed by atoms with van der Waals surface area (Å²) >= 11 is 0. The summed E-state index contributed by atoms with van der Waals surface area (Å²) in [5, 5.41) is 0. The number of aryl methyl sites for hydroxylation is 1. The van der Waals surface area contributed by atoms with Crippen LogP contribution in [0.1, 0.15) is 73.8 Å². The third kappa shape index (κ3) is 3.83. The molecule has 0 saturated heterocycles. The molecule has 0 amide bonds. The van der Waals surface area contributed by atoms with E-state index in [9.17, 15) is 0 Å². The third-order valence-electron chi connectivity index (χ3n) is 7.08. The van der Waals surface area contributed by atoms with Crippen LogP contribution in [0, 0.1) is 6.92 Å². The van der Waals surface area contributed by atoms with Gasteiger partial charge >= 0.3 is 0 Å². The van der Waals surface area contributed by atoms with Crippen LogP contribution in [0.25, 0.3) is 12.2 Å². The average molecular weight is 408 g/mol. The van der Waals surface area contributed by atoms with Gasteiger partial charge in [-0.1, -0.05) is 93.4 Å². The summed E-state index contributed by atoms with van der Waals surface area (Å²) < 4.78 is 0. The van der Waals surface area contributed by atoms with Crippen LogP contribution in [0.3, 0.4) is 0 Å². The molecule has 1 heteroatoms. The number of hydrogen-bond donors (Lipinski definition) is 0. The third-order valence-corrected chi connectivity index (χ3v) is 7.08. The zero-order valence-corrected chi connectivity index (χ0v) is 19.2. The van der Waals surface area contributed by atoms with Gasteiger partial charge in [0.25, 0.3) is 0 Å². The van der Waals surface area contributed by atoms with E-state index in [1.807, 2.05) is 0 Å². The number of hydrogen-bond acceptors (Lipinski definition) is 1. The fourth-order valence-corrected chi connectivity index (χ4v) is 5.27. The average Bonchev–Trinajstić information content (AvgIpc) is 3.34. The Morgan fingerprint density at radius 3 is 2.10 bits per heavy atom. The molecular weight excluding hydrogens is 374 g/mol. The largest absolute Gasteiger partial charge is 0.338 e. The quantitative estimate of drug-likeness (QED) is 0.395. The summed E-state index contributed by atoms with van der Waals surface area (Å²) in [6.45, 7) is 9.07. The molecule has 2 aliphatic rings. The van der Waals surface area contributed by atoms with Gasteiger partial charge in [0.1, 0.15) is 0 Å². The van der Waals surface area contributed by atoms with Crippen molar-refractivity contribution < 1.29 is 0 Å². The first-order valence-corrected chi connectivity index (χ1v) is 11.7. The molecule has 5 rings (SSSR count). The monoisotopic (exact) mass is 407 g/mol. The highest BCUT2D eigenvalue weighted by Crippen LogP contribution is 2.52. The molecule has 1 aliphatic carbocycles. The number of anilines is 2. The Balaban J connectivity index is 1.43. The summed E-state index contributed by atoms with van der Waals surface area (Å²) in [5.74, 6) is 0.679. The molecule has 158 valence electrons.